The first-order chi connectivity index (χ1) is 11.2. The van der Waals surface area contributed by atoms with Crippen LogP contribution in [0.4, 0.5) is 22.0 Å². The molecule has 1 aliphatic rings. The number of hydrogen-bond acceptors (Lipinski definition) is 3. The van der Waals surface area contributed by atoms with Crippen LogP contribution in [0, 0.1) is 5.82 Å². The van der Waals surface area contributed by atoms with Crippen molar-refractivity contribution >= 4 is 23.4 Å². The van der Waals surface area contributed by atoms with Crippen LogP contribution in [0.25, 0.3) is 0 Å². The second-order valence-corrected chi connectivity index (χ2v) is 6.56. The van der Waals surface area contributed by atoms with E-state index in [1.807, 2.05) is 0 Å². The van der Waals surface area contributed by atoms with E-state index in [1.165, 1.54) is 6.07 Å². The van der Waals surface area contributed by atoms with E-state index in [0.717, 1.165) is 24.3 Å². The topological polar surface area (TPSA) is 29.5 Å². The lowest BCUT2D eigenvalue weighted by atomic mass is 10.1. The summed E-state index contributed by atoms with van der Waals surface area (Å²) in [6.07, 6.45) is -5.32. The lowest BCUT2D eigenvalue weighted by Gasteiger charge is -2.14. The molecule has 0 aliphatic carbocycles. The molecule has 0 spiro atoms. The van der Waals surface area contributed by atoms with Crippen LogP contribution in [-0.2, 0) is 0 Å². The van der Waals surface area contributed by atoms with Crippen molar-refractivity contribution in [3.8, 4) is 11.5 Å². The molecule has 0 radical (unpaired) electrons. The van der Waals surface area contributed by atoms with Gasteiger partial charge in [-0.1, -0.05) is 17.7 Å². The minimum Gasteiger partial charge on any atom is -0.457 e. The summed E-state index contributed by atoms with van der Waals surface area (Å²) in [6, 6.07) is 5.23. The Morgan fingerprint density at radius 1 is 1.21 bits per heavy atom. The molecular formula is C15H8ClF5O2S. The Labute approximate surface area is 142 Å². The normalized spacial score (nSPS) is 18.8. The predicted octanol–water partition coefficient (Wildman–Crippen LogP) is 5.94. The van der Waals surface area contributed by atoms with Gasteiger partial charge in [0.25, 0.3) is 6.43 Å². The number of fused-ring (bicyclic) bond motifs is 1. The first kappa shape index (κ1) is 17.3. The molecule has 9 heteroatoms. The third kappa shape index (κ3) is 3.05. The van der Waals surface area contributed by atoms with Gasteiger partial charge >= 0.3 is 5.25 Å². The van der Waals surface area contributed by atoms with Gasteiger partial charge in [0, 0.05) is 21.5 Å². The highest BCUT2D eigenvalue weighted by Crippen LogP contribution is 2.58. The van der Waals surface area contributed by atoms with Crippen LogP contribution in [0.2, 0.25) is 5.02 Å². The molecule has 3 rings (SSSR count). The van der Waals surface area contributed by atoms with E-state index in [-0.39, 0.29) is 28.1 Å². The maximum absolute atomic E-state index is 13.6. The fourth-order valence-corrected chi connectivity index (χ4v) is 3.63. The zero-order chi connectivity index (χ0) is 17.6. The fraction of sp³-hybridized carbons (Fsp3) is 0.200. The van der Waals surface area contributed by atoms with Crippen molar-refractivity contribution in [2.75, 3.05) is 0 Å². The third-order valence-electron chi connectivity index (χ3n) is 3.32. The van der Waals surface area contributed by atoms with E-state index < -0.39 is 39.8 Å². The van der Waals surface area contributed by atoms with Gasteiger partial charge in [0.15, 0.2) is 6.10 Å². The monoisotopic (exact) mass is 382 g/mol. The van der Waals surface area contributed by atoms with Crippen LogP contribution >= 0.6 is 23.4 Å². The molecule has 1 heterocycles. The minimum atomic E-state index is -3.62. The highest BCUT2D eigenvalue weighted by Gasteiger charge is 2.50. The Hall–Kier alpha value is -1.51. The van der Waals surface area contributed by atoms with Gasteiger partial charge in [-0.2, -0.15) is 8.78 Å². The molecule has 1 unspecified atom stereocenters. The Kier molecular flexibility index (Phi) is 4.39. The van der Waals surface area contributed by atoms with E-state index in [2.05, 4.69) is 0 Å². The number of alkyl halides is 4. The van der Waals surface area contributed by atoms with Crippen molar-refractivity contribution in [1.29, 1.82) is 0 Å². The van der Waals surface area contributed by atoms with E-state index in [0.29, 0.717) is 0 Å². The molecular weight excluding hydrogens is 375 g/mol. The van der Waals surface area contributed by atoms with E-state index in [4.69, 9.17) is 16.3 Å². The Morgan fingerprint density at radius 2 is 1.92 bits per heavy atom. The average molecular weight is 383 g/mol. The maximum atomic E-state index is 13.6. The lowest BCUT2D eigenvalue weighted by Crippen LogP contribution is -2.15. The van der Waals surface area contributed by atoms with Gasteiger partial charge in [-0.15, -0.1) is 0 Å². The largest absolute Gasteiger partial charge is 0.457 e. The van der Waals surface area contributed by atoms with Crippen molar-refractivity contribution in [3.05, 3.63) is 52.3 Å². The number of benzene rings is 2. The van der Waals surface area contributed by atoms with Gasteiger partial charge in [0.1, 0.15) is 17.3 Å². The van der Waals surface area contributed by atoms with Gasteiger partial charge in [0.05, 0.1) is 5.56 Å². The second-order valence-electron chi connectivity index (χ2n) is 4.97. The number of thioether (sulfide) groups is 1. The number of halogens is 6. The molecule has 0 saturated carbocycles. The molecule has 2 aromatic rings. The summed E-state index contributed by atoms with van der Waals surface area (Å²) in [4.78, 5) is -0.442. The molecule has 1 N–H and O–H groups in total. The predicted molar refractivity (Wildman–Crippen MR) is 78.6 cm³/mol. The summed E-state index contributed by atoms with van der Waals surface area (Å²) in [6.45, 7) is 0. The van der Waals surface area contributed by atoms with Crippen molar-refractivity contribution in [2.24, 2.45) is 0 Å². The molecule has 0 fully saturated rings. The quantitative estimate of drug-likeness (QED) is 0.666. The minimum absolute atomic E-state index is 0.0129. The van der Waals surface area contributed by atoms with E-state index in [1.54, 1.807) is 0 Å². The number of rotatable bonds is 3. The number of aliphatic hydroxyl groups is 1. The first-order valence-electron chi connectivity index (χ1n) is 6.53. The molecule has 2 nitrogen and oxygen atoms in total. The molecule has 128 valence electrons. The molecule has 2 aromatic carbocycles. The molecule has 24 heavy (non-hydrogen) atoms. The SMILES string of the molecule is OC1c2ccc(Oc3cc(F)cc(Cl)c3)c(C(F)F)c2SC1(F)F. The van der Waals surface area contributed by atoms with Gasteiger partial charge in [-0.3, -0.25) is 0 Å². The fourth-order valence-electron chi connectivity index (χ4n) is 2.31. The smallest absolute Gasteiger partial charge is 0.327 e. The first-order valence-corrected chi connectivity index (χ1v) is 7.72. The van der Waals surface area contributed by atoms with Gasteiger partial charge < -0.3 is 9.84 Å². The van der Waals surface area contributed by atoms with Crippen LogP contribution < -0.4 is 4.74 Å². The van der Waals surface area contributed by atoms with Crippen molar-refractivity contribution in [1.82, 2.24) is 0 Å². The zero-order valence-electron chi connectivity index (χ0n) is 11.6. The molecule has 0 saturated heterocycles. The summed E-state index contributed by atoms with van der Waals surface area (Å²) in [5.41, 5.74) is -1.08. The van der Waals surface area contributed by atoms with Crippen molar-refractivity contribution in [3.63, 3.8) is 0 Å². The van der Waals surface area contributed by atoms with Crippen LogP contribution in [0.5, 0.6) is 11.5 Å². The third-order valence-corrected chi connectivity index (χ3v) is 4.69. The zero-order valence-corrected chi connectivity index (χ0v) is 13.1. The number of hydrogen-bond donors (Lipinski definition) is 1. The van der Waals surface area contributed by atoms with Gasteiger partial charge in [-0.05, 0) is 30.0 Å². The van der Waals surface area contributed by atoms with Crippen molar-refractivity contribution in [2.45, 2.75) is 22.7 Å². The van der Waals surface area contributed by atoms with Gasteiger partial charge in [-0.25, -0.2) is 13.2 Å². The highest BCUT2D eigenvalue weighted by molar-refractivity contribution is 8.00. The summed E-state index contributed by atoms with van der Waals surface area (Å²) in [7, 11) is 0. The van der Waals surface area contributed by atoms with Crippen LogP contribution in [0.15, 0.2) is 35.2 Å². The van der Waals surface area contributed by atoms with Crippen LogP contribution in [-0.4, -0.2) is 10.4 Å². The number of aliphatic hydroxyl groups excluding tert-OH is 1. The average Bonchev–Trinajstić information content (AvgIpc) is 2.67. The van der Waals surface area contributed by atoms with Crippen LogP contribution in [0.3, 0.4) is 0 Å². The molecule has 1 atom stereocenters. The molecule has 0 aromatic heterocycles. The highest BCUT2D eigenvalue weighted by atomic mass is 35.5. The van der Waals surface area contributed by atoms with E-state index >= 15 is 0 Å². The second kappa shape index (κ2) is 6.09. The van der Waals surface area contributed by atoms with Gasteiger partial charge in [0.2, 0.25) is 0 Å². The molecule has 1 aliphatic heterocycles. The lowest BCUT2D eigenvalue weighted by molar-refractivity contribution is -0.0310. The molecule has 0 bridgehead atoms. The summed E-state index contributed by atoms with van der Waals surface area (Å²) >= 11 is 5.51. The molecule has 0 amide bonds. The summed E-state index contributed by atoms with van der Waals surface area (Å²) in [5, 5.41) is 5.91. The maximum Gasteiger partial charge on any atom is 0.327 e. The Morgan fingerprint density at radius 3 is 2.54 bits per heavy atom. The summed E-state index contributed by atoms with van der Waals surface area (Å²) < 4.78 is 72.5. The number of ether oxygens (including phenoxy) is 1. The van der Waals surface area contributed by atoms with Crippen LogP contribution in [0.1, 0.15) is 23.7 Å². The van der Waals surface area contributed by atoms with E-state index in [9.17, 15) is 27.1 Å². The Bertz CT molecular complexity index is 779. The summed E-state index contributed by atoms with van der Waals surface area (Å²) in [5.74, 6) is -1.31. The standard InChI is InChI=1S/C15H8ClF5O2S/c16-6-3-7(17)5-8(4-6)23-10-2-1-9-12(11(10)14(18)19)24-15(20,21)13(9)22/h1-5,13-14,22H. The Balaban J connectivity index is 2.07. The van der Waals surface area contributed by atoms with Crippen molar-refractivity contribution < 1.29 is 31.8 Å².